The number of fused-ring (bicyclic) bond motifs is 1. The highest BCUT2D eigenvalue weighted by Gasteiger charge is 2.34. The van der Waals surface area contributed by atoms with Crippen LogP contribution in [0.25, 0.3) is 22.4 Å². The largest absolute Gasteiger partial charge is 0.417 e. The van der Waals surface area contributed by atoms with Gasteiger partial charge < -0.3 is 4.98 Å². The van der Waals surface area contributed by atoms with Gasteiger partial charge in [-0.15, -0.1) is 0 Å². The number of hydrogen-bond acceptors (Lipinski definition) is 1. The smallest absolute Gasteiger partial charge is 0.338 e. The molecule has 1 heterocycles. The predicted octanol–water partition coefficient (Wildman–Crippen LogP) is 4.90. The van der Waals surface area contributed by atoms with Crippen LogP contribution >= 0.6 is 11.6 Å². The lowest BCUT2D eigenvalue weighted by atomic mass is 10.1. The topological polar surface area (TPSA) is 28.7 Å². The maximum atomic E-state index is 13.1. The van der Waals surface area contributed by atoms with Crippen LogP contribution in [0.4, 0.5) is 13.2 Å². The lowest BCUT2D eigenvalue weighted by Gasteiger charge is -2.11. The Labute approximate surface area is 117 Å². The highest BCUT2D eigenvalue weighted by atomic mass is 35.5. The van der Waals surface area contributed by atoms with Crippen LogP contribution < -0.4 is 0 Å². The second-order valence-electron chi connectivity index (χ2n) is 4.29. The van der Waals surface area contributed by atoms with Crippen LogP contribution in [0.2, 0.25) is 5.02 Å². The van der Waals surface area contributed by atoms with E-state index in [1.54, 1.807) is 24.3 Å². The Morgan fingerprint density at radius 2 is 1.80 bits per heavy atom. The van der Waals surface area contributed by atoms with Gasteiger partial charge in [0.2, 0.25) is 0 Å². The van der Waals surface area contributed by atoms with Crippen molar-refractivity contribution in [1.82, 2.24) is 9.97 Å². The molecule has 0 atom stereocenters. The lowest BCUT2D eigenvalue weighted by Crippen LogP contribution is -2.07. The van der Waals surface area contributed by atoms with Gasteiger partial charge >= 0.3 is 6.18 Å². The summed E-state index contributed by atoms with van der Waals surface area (Å²) in [4.78, 5) is 7.08. The molecule has 0 spiro atoms. The Kier molecular flexibility index (Phi) is 2.94. The van der Waals surface area contributed by atoms with Crippen molar-refractivity contribution in [2.45, 2.75) is 6.18 Å². The summed E-state index contributed by atoms with van der Waals surface area (Å²) in [6.45, 7) is 0. The minimum absolute atomic E-state index is 0.0156. The van der Waals surface area contributed by atoms with Gasteiger partial charge in [0, 0.05) is 10.6 Å². The zero-order valence-corrected chi connectivity index (χ0v) is 10.8. The average molecular weight is 297 g/mol. The van der Waals surface area contributed by atoms with Crippen LogP contribution in [0.15, 0.2) is 42.5 Å². The first-order valence-electron chi connectivity index (χ1n) is 5.77. The van der Waals surface area contributed by atoms with E-state index in [1.165, 1.54) is 12.1 Å². The molecule has 0 aliphatic rings. The molecule has 2 aromatic carbocycles. The second kappa shape index (κ2) is 4.52. The highest BCUT2D eigenvalue weighted by Crippen LogP contribution is 2.38. The van der Waals surface area contributed by atoms with E-state index in [9.17, 15) is 13.2 Å². The van der Waals surface area contributed by atoms with E-state index < -0.39 is 11.7 Å². The van der Waals surface area contributed by atoms with Gasteiger partial charge in [0.15, 0.2) is 0 Å². The number of benzene rings is 2. The number of halogens is 4. The van der Waals surface area contributed by atoms with Crippen LogP contribution in [0.1, 0.15) is 5.56 Å². The first-order valence-corrected chi connectivity index (χ1v) is 6.15. The SMILES string of the molecule is FC(F)(F)c1cc(Cl)ccc1-c1nc2ccccc2[nH]1. The number of nitrogens with one attached hydrogen (secondary N) is 1. The molecule has 1 aromatic heterocycles. The summed E-state index contributed by atoms with van der Waals surface area (Å²) in [5, 5.41) is 0.0391. The van der Waals surface area contributed by atoms with E-state index >= 15 is 0 Å². The molecule has 0 bridgehead atoms. The van der Waals surface area contributed by atoms with Crippen molar-refractivity contribution < 1.29 is 13.2 Å². The van der Waals surface area contributed by atoms with E-state index in [0.29, 0.717) is 11.0 Å². The normalized spacial score (nSPS) is 12.0. The number of para-hydroxylation sites is 2. The lowest BCUT2D eigenvalue weighted by molar-refractivity contribution is -0.137. The fourth-order valence-corrected chi connectivity index (χ4v) is 2.21. The summed E-state index contributed by atoms with van der Waals surface area (Å²) in [5.74, 6) is 0.176. The Balaban J connectivity index is 2.23. The fraction of sp³-hybridized carbons (Fsp3) is 0.0714. The number of nitrogens with zero attached hydrogens (tertiary/aromatic N) is 1. The molecule has 0 aliphatic carbocycles. The van der Waals surface area contributed by atoms with Crippen molar-refractivity contribution in [3.63, 3.8) is 0 Å². The standard InChI is InChI=1S/C14H8ClF3N2/c15-8-5-6-9(10(7-8)14(16,17)18)13-19-11-3-1-2-4-12(11)20-13/h1-7H,(H,19,20). The first-order chi connectivity index (χ1) is 9.45. The van der Waals surface area contributed by atoms with E-state index in [2.05, 4.69) is 9.97 Å². The summed E-state index contributed by atoms with van der Waals surface area (Å²) < 4.78 is 39.2. The van der Waals surface area contributed by atoms with Crippen molar-refractivity contribution in [3.8, 4) is 11.4 Å². The van der Waals surface area contributed by atoms with E-state index in [1.807, 2.05) is 0 Å². The monoisotopic (exact) mass is 296 g/mol. The molecule has 102 valence electrons. The molecular formula is C14H8ClF3N2. The summed E-state index contributed by atoms with van der Waals surface area (Å²) in [6, 6.07) is 10.7. The number of imidazole rings is 1. The molecule has 6 heteroatoms. The second-order valence-corrected chi connectivity index (χ2v) is 4.73. The first kappa shape index (κ1) is 13.0. The molecule has 0 amide bonds. The third-order valence-electron chi connectivity index (χ3n) is 2.93. The van der Waals surface area contributed by atoms with Crippen LogP contribution in [-0.4, -0.2) is 9.97 Å². The van der Waals surface area contributed by atoms with Gasteiger partial charge in [-0.25, -0.2) is 4.98 Å². The van der Waals surface area contributed by atoms with Gasteiger partial charge in [-0.1, -0.05) is 23.7 Å². The number of hydrogen-bond donors (Lipinski definition) is 1. The number of rotatable bonds is 1. The van der Waals surface area contributed by atoms with Gasteiger partial charge in [0.25, 0.3) is 0 Å². The van der Waals surface area contributed by atoms with E-state index in [-0.39, 0.29) is 16.4 Å². The van der Waals surface area contributed by atoms with Crippen molar-refractivity contribution in [2.24, 2.45) is 0 Å². The summed E-state index contributed by atoms with van der Waals surface area (Å²) in [7, 11) is 0. The Morgan fingerprint density at radius 3 is 2.50 bits per heavy atom. The van der Waals surface area contributed by atoms with Gasteiger partial charge in [0.1, 0.15) is 5.82 Å². The molecule has 0 aliphatic heterocycles. The number of H-pyrrole nitrogens is 1. The molecule has 0 radical (unpaired) electrons. The number of alkyl halides is 3. The molecule has 3 rings (SSSR count). The third kappa shape index (κ3) is 2.25. The highest BCUT2D eigenvalue weighted by molar-refractivity contribution is 6.30. The minimum atomic E-state index is -4.49. The third-order valence-corrected chi connectivity index (χ3v) is 3.17. The fourth-order valence-electron chi connectivity index (χ4n) is 2.04. The predicted molar refractivity (Wildman–Crippen MR) is 71.5 cm³/mol. The van der Waals surface area contributed by atoms with Crippen molar-refractivity contribution in [2.75, 3.05) is 0 Å². The maximum absolute atomic E-state index is 13.1. The average Bonchev–Trinajstić information content (AvgIpc) is 2.81. The molecule has 3 aromatic rings. The molecule has 0 unspecified atom stereocenters. The number of aromatic amines is 1. The van der Waals surface area contributed by atoms with Gasteiger partial charge in [-0.3, -0.25) is 0 Å². The molecular weight excluding hydrogens is 289 g/mol. The maximum Gasteiger partial charge on any atom is 0.417 e. The molecule has 0 saturated carbocycles. The van der Waals surface area contributed by atoms with Crippen molar-refractivity contribution in [3.05, 3.63) is 53.1 Å². The Morgan fingerprint density at radius 1 is 1.05 bits per heavy atom. The van der Waals surface area contributed by atoms with Crippen LogP contribution in [0.3, 0.4) is 0 Å². The van der Waals surface area contributed by atoms with Crippen LogP contribution in [0.5, 0.6) is 0 Å². The molecule has 20 heavy (non-hydrogen) atoms. The number of aromatic nitrogens is 2. The van der Waals surface area contributed by atoms with Gasteiger partial charge in [-0.2, -0.15) is 13.2 Å². The van der Waals surface area contributed by atoms with E-state index in [4.69, 9.17) is 11.6 Å². The molecule has 1 N–H and O–H groups in total. The van der Waals surface area contributed by atoms with Crippen molar-refractivity contribution >= 4 is 22.6 Å². The van der Waals surface area contributed by atoms with E-state index in [0.717, 1.165) is 6.07 Å². The zero-order valence-electron chi connectivity index (χ0n) is 10.0. The Bertz CT molecular complexity index is 744. The van der Waals surface area contributed by atoms with Gasteiger partial charge in [0.05, 0.1) is 16.6 Å². The minimum Gasteiger partial charge on any atom is -0.338 e. The molecule has 2 nitrogen and oxygen atoms in total. The molecule has 0 fully saturated rings. The summed E-state index contributed by atoms with van der Waals surface area (Å²) in [6.07, 6.45) is -4.49. The quantitative estimate of drug-likeness (QED) is 0.679. The molecule has 0 saturated heterocycles. The summed E-state index contributed by atoms with van der Waals surface area (Å²) >= 11 is 5.66. The van der Waals surface area contributed by atoms with Crippen LogP contribution in [0, 0.1) is 0 Å². The Hall–Kier alpha value is -2.01. The van der Waals surface area contributed by atoms with Crippen LogP contribution in [-0.2, 0) is 6.18 Å². The zero-order chi connectivity index (χ0) is 14.3. The summed E-state index contributed by atoms with van der Waals surface area (Å²) in [5.41, 5.74) is 0.485. The van der Waals surface area contributed by atoms with Gasteiger partial charge in [-0.05, 0) is 30.3 Å². The van der Waals surface area contributed by atoms with Crippen molar-refractivity contribution in [1.29, 1.82) is 0 Å².